The van der Waals surface area contributed by atoms with E-state index in [9.17, 15) is 9.59 Å². The zero-order valence-corrected chi connectivity index (χ0v) is 12.2. The lowest BCUT2D eigenvalue weighted by Gasteiger charge is -2.14. The Morgan fingerprint density at radius 2 is 1.90 bits per heavy atom. The summed E-state index contributed by atoms with van der Waals surface area (Å²) in [6, 6.07) is 14.3. The number of hydrogen-bond acceptors (Lipinski definition) is 3. The van der Waals surface area contributed by atoms with Crippen molar-refractivity contribution in [1.82, 2.24) is 0 Å². The lowest BCUT2D eigenvalue weighted by molar-refractivity contribution is 0.0818. The third kappa shape index (κ3) is 3.78. The second-order valence-corrected chi connectivity index (χ2v) is 4.87. The van der Waals surface area contributed by atoms with Crippen LogP contribution in [0.5, 0.6) is 5.75 Å². The molecule has 0 N–H and O–H groups in total. The van der Waals surface area contributed by atoms with Gasteiger partial charge in [-0.3, -0.25) is 9.59 Å². The lowest BCUT2D eigenvalue weighted by Crippen LogP contribution is -2.23. The fraction of sp³-hybridized carbons (Fsp3) is 0.222. The zero-order chi connectivity index (χ0) is 15.2. The van der Waals surface area contributed by atoms with Gasteiger partial charge in [-0.15, -0.1) is 0 Å². The van der Waals surface area contributed by atoms with Crippen LogP contribution in [0.1, 0.15) is 40.1 Å². The van der Waals surface area contributed by atoms with E-state index in [4.69, 9.17) is 4.74 Å². The van der Waals surface area contributed by atoms with Gasteiger partial charge in [0.25, 0.3) is 0 Å². The minimum Gasteiger partial charge on any atom is -0.483 e. The van der Waals surface area contributed by atoms with Gasteiger partial charge in [-0.25, -0.2) is 0 Å². The summed E-state index contributed by atoms with van der Waals surface area (Å²) in [5.74, 6) is 0.444. The van der Waals surface area contributed by atoms with Gasteiger partial charge in [0.2, 0.25) is 5.78 Å². The van der Waals surface area contributed by atoms with Gasteiger partial charge >= 0.3 is 0 Å². The molecule has 0 saturated heterocycles. The summed E-state index contributed by atoms with van der Waals surface area (Å²) >= 11 is 0. The van der Waals surface area contributed by atoms with Crippen molar-refractivity contribution in [2.45, 2.75) is 26.4 Å². The highest BCUT2D eigenvalue weighted by Crippen LogP contribution is 2.16. The molecule has 0 fully saturated rings. The predicted molar refractivity (Wildman–Crippen MR) is 82.1 cm³/mol. The molecule has 2 aromatic carbocycles. The van der Waals surface area contributed by atoms with Crippen molar-refractivity contribution in [3.63, 3.8) is 0 Å². The number of Topliss-reactive ketones (excluding diaryl/α,β-unsaturated/α-hetero) is 1. The van der Waals surface area contributed by atoms with Crippen LogP contribution in [0.15, 0.2) is 48.5 Å². The second kappa shape index (κ2) is 6.84. The van der Waals surface area contributed by atoms with E-state index in [1.807, 2.05) is 24.3 Å². The number of aldehydes is 1. The summed E-state index contributed by atoms with van der Waals surface area (Å²) in [4.78, 5) is 23.0. The first kappa shape index (κ1) is 15.0. The first-order chi connectivity index (χ1) is 10.1. The Bertz CT molecular complexity index is 629. The third-order valence-electron chi connectivity index (χ3n) is 3.32. The highest BCUT2D eigenvalue weighted by atomic mass is 16.5. The fourth-order valence-corrected chi connectivity index (χ4v) is 2.06. The number of carbonyl (C=O) groups excluding carboxylic acids is 2. The zero-order valence-electron chi connectivity index (χ0n) is 12.2. The Morgan fingerprint density at radius 1 is 1.19 bits per heavy atom. The molecule has 0 aliphatic carbocycles. The molecular formula is C18H18O3. The number of aryl methyl sites for hydroxylation is 1. The van der Waals surface area contributed by atoms with Crippen LogP contribution in [-0.4, -0.2) is 18.2 Å². The summed E-state index contributed by atoms with van der Waals surface area (Å²) in [6.07, 6.45) is 1.10. The Morgan fingerprint density at radius 3 is 2.52 bits per heavy atom. The Kier molecular flexibility index (Phi) is 4.88. The molecule has 1 atom stereocenters. The molecule has 108 valence electrons. The Hall–Kier alpha value is -2.42. The minimum atomic E-state index is -0.598. The Labute approximate surface area is 124 Å². The molecule has 3 nitrogen and oxygen atoms in total. The lowest BCUT2D eigenvalue weighted by atomic mass is 10.0. The highest BCUT2D eigenvalue weighted by Gasteiger charge is 2.16. The number of benzene rings is 2. The van der Waals surface area contributed by atoms with E-state index in [0.29, 0.717) is 16.9 Å². The monoisotopic (exact) mass is 282 g/mol. The van der Waals surface area contributed by atoms with Crippen LogP contribution in [0, 0.1) is 0 Å². The average molecular weight is 282 g/mol. The van der Waals surface area contributed by atoms with E-state index in [-0.39, 0.29) is 5.78 Å². The summed E-state index contributed by atoms with van der Waals surface area (Å²) in [5, 5.41) is 0. The van der Waals surface area contributed by atoms with Crippen LogP contribution in [0.4, 0.5) is 0 Å². The van der Waals surface area contributed by atoms with Crippen LogP contribution < -0.4 is 4.74 Å². The molecule has 21 heavy (non-hydrogen) atoms. The van der Waals surface area contributed by atoms with Crippen molar-refractivity contribution in [2.75, 3.05) is 0 Å². The van der Waals surface area contributed by atoms with Gasteiger partial charge in [0.15, 0.2) is 6.10 Å². The van der Waals surface area contributed by atoms with E-state index in [1.54, 1.807) is 31.2 Å². The second-order valence-electron chi connectivity index (χ2n) is 4.87. The van der Waals surface area contributed by atoms with E-state index >= 15 is 0 Å². The Balaban J connectivity index is 2.09. The van der Waals surface area contributed by atoms with Gasteiger partial charge in [-0.2, -0.15) is 0 Å². The quantitative estimate of drug-likeness (QED) is 0.599. The van der Waals surface area contributed by atoms with E-state index in [0.717, 1.165) is 12.7 Å². The van der Waals surface area contributed by atoms with Crippen molar-refractivity contribution in [3.05, 3.63) is 65.2 Å². The van der Waals surface area contributed by atoms with Gasteiger partial charge in [0.1, 0.15) is 12.0 Å². The summed E-state index contributed by atoms with van der Waals surface area (Å²) in [6.45, 7) is 3.78. The van der Waals surface area contributed by atoms with Crippen molar-refractivity contribution >= 4 is 12.1 Å². The largest absolute Gasteiger partial charge is 0.483 e. The van der Waals surface area contributed by atoms with E-state index in [2.05, 4.69) is 6.92 Å². The topological polar surface area (TPSA) is 43.4 Å². The summed E-state index contributed by atoms with van der Waals surface area (Å²) in [7, 11) is 0. The summed E-state index contributed by atoms with van der Waals surface area (Å²) < 4.78 is 5.62. The molecule has 0 saturated carbocycles. The van der Waals surface area contributed by atoms with Gasteiger partial charge in [0.05, 0.1) is 0 Å². The van der Waals surface area contributed by atoms with E-state index in [1.165, 1.54) is 5.56 Å². The molecule has 0 radical (unpaired) electrons. The SMILES string of the molecule is CCc1ccc(C(=O)C(C)Oc2cccc(C=O)c2)cc1. The highest BCUT2D eigenvalue weighted by molar-refractivity contribution is 5.99. The maximum Gasteiger partial charge on any atom is 0.202 e. The van der Waals surface area contributed by atoms with Crippen LogP contribution >= 0.6 is 0 Å². The molecule has 2 rings (SSSR count). The van der Waals surface area contributed by atoms with Crippen LogP contribution in [0.3, 0.4) is 0 Å². The van der Waals surface area contributed by atoms with Crippen LogP contribution in [-0.2, 0) is 6.42 Å². The third-order valence-corrected chi connectivity index (χ3v) is 3.32. The summed E-state index contributed by atoms with van der Waals surface area (Å²) in [5.41, 5.74) is 2.35. The standard InChI is InChI=1S/C18H18O3/c1-3-14-7-9-16(10-8-14)18(20)13(2)21-17-6-4-5-15(11-17)12-19/h4-13H,3H2,1-2H3. The first-order valence-electron chi connectivity index (χ1n) is 6.99. The van der Waals surface area contributed by atoms with E-state index < -0.39 is 6.10 Å². The number of carbonyl (C=O) groups is 2. The fourth-order valence-electron chi connectivity index (χ4n) is 2.06. The van der Waals surface area contributed by atoms with Crippen molar-refractivity contribution < 1.29 is 14.3 Å². The van der Waals surface area contributed by atoms with Crippen LogP contribution in [0.2, 0.25) is 0 Å². The molecule has 0 heterocycles. The number of ether oxygens (including phenoxy) is 1. The molecular weight excluding hydrogens is 264 g/mol. The van der Waals surface area contributed by atoms with Crippen molar-refractivity contribution in [3.8, 4) is 5.75 Å². The number of rotatable bonds is 6. The first-order valence-corrected chi connectivity index (χ1v) is 6.99. The number of ketones is 1. The van der Waals surface area contributed by atoms with Crippen molar-refractivity contribution in [1.29, 1.82) is 0 Å². The molecule has 0 amide bonds. The van der Waals surface area contributed by atoms with Gasteiger partial charge in [0, 0.05) is 11.1 Å². The average Bonchev–Trinajstić information content (AvgIpc) is 2.54. The molecule has 0 aliphatic heterocycles. The van der Waals surface area contributed by atoms with Gasteiger partial charge in [-0.1, -0.05) is 43.3 Å². The molecule has 0 bridgehead atoms. The molecule has 2 aromatic rings. The smallest absolute Gasteiger partial charge is 0.202 e. The minimum absolute atomic E-state index is 0.0749. The maximum atomic E-state index is 12.3. The van der Waals surface area contributed by atoms with Gasteiger partial charge < -0.3 is 4.74 Å². The normalized spacial score (nSPS) is 11.7. The van der Waals surface area contributed by atoms with Crippen molar-refractivity contribution in [2.24, 2.45) is 0 Å². The number of hydrogen-bond donors (Lipinski definition) is 0. The van der Waals surface area contributed by atoms with Crippen LogP contribution in [0.25, 0.3) is 0 Å². The maximum absolute atomic E-state index is 12.3. The molecule has 0 aromatic heterocycles. The van der Waals surface area contributed by atoms with Gasteiger partial charge in [-0.05, 0) is 31.0 Å². The molecule has 3 heteroatoms. The molecule has 1 unspecified atom stereocenters. The predicted octanol–water partition coefficient (Wildman–Crippen LogP) is 3.71. The molecule has 0 spiro atoms. The molecule has 0 aliphatic rings.